The summed E-state index contributed by atoms with van der Waals surface area (Å²) in [7, 11) is 0. The van der Waals surface area contributed by atoms with Crippen molar-refractivity contribution < 1.29 is 37.0 Å². The van der Waals surface area contributed by atoms with Crippen LogP contribution in [0.4, 0.5) is 24.5 Å². The summed E-state index contributed by atoms with van der Waals surface area (Å²) >= 11 is 0. The van der Waals surface area contributed by atoms with Crippen molar-refractivity contribution in [3.05, 3.63) is 71.5 Å². The van der Waals surface area contributed by atoms with Gasteiger partial charge in [0.2, 0.25) is 5.91 Å². The Bertz CT molecular complexity index is 1510. The highest BCUT2D eigenvalue weighted by Crippen LogP contribution is 2.44. The molecule has 0 unspecified atom stereocenters. The van der Waals surface area contributed by atoms with Crippen molar-refractivity contribution >= 4 is 23.2 Å². The SMILES string of the molecule is Cc1ccc(NC(=O)c2ccnc(C(F)(F)F)c2)cc1-c1ccc2c(c1)OC1(CCOCC1)CC(=O)N2[C@H]1CCOC1. The molecule has 220 valence electrons. The zero-order valence-electron chi connectivity index (χ0n) is 23.0. The number of pyridine rings is 1. The van der Waals surface area contributed by atoms with Crippen molar-refractivity contribution in [3.63, 3.8) is 0 Å². The molecule has 11 heteroatoms. The van der Waals surface area contributed by atoms with E-state index in [1.165, 1.54) is 6.07 Å². The lowest BCUT2D eigenvalue weighted by molar-refractivity contribution is -0.141. The number of halogens is 3. The van der Waals surface area contributed by atoms with Gasteiger partial charge in [0, 0.05) is 36.9 Å². The zero-order chi connectivity index (χ0) is 29.5. The third-order valence-corrected chi connectivity index (χ3v) is 8.08. The van der Waals surface area contributed by atoms with Gasteiger partial charge in [0.15, 0.2) is 0 Å². The largest absolute Gasteiger partial charge is 0.484 e. The van der Waals surface area contributed by atoms with Crippen molar-refractivity contribution in [2.24, 2.45) is 0 Å². The molecule has 6 rings (SSSR count). The molecule has 1 spiro atoms. The molecule has 0 radical (unpaired) electrons. The smallest absolute Gasteiger partial charge is 0.433 e. The topological polar surface area (TPSA) is 90.0 Å². The third kappa shape index (κ3) is 5.58. The summed E-state index contributed by atoms with van der Waals surface area (Å²) in [5.41, 5.74) is 1.70. The van der Waals surface area contributed by atoms with E-state index >= 15 is 0 Å². The fourth-order valence-electron chi connectivity index (χ4n) is 5.82. The van der Waals surface area contributed by atoms with E-state index in [1.54, 1.807) is 12.1 Å². The number of carbonyl (C=O) groups is 2. The number of benzene rings is 2. The van der Waals surface area contributed by atoms with Gasteiger partial charge in [-0.15, -0.1) is 0 Å². The van der Waals surface area contributed by atoms with E-state index in [4.69, 9.17) is 14.2 Å². The second-order valence-electron chi connectivity index (χ2n) is 10.9. The van der Waals surface area contributed by atoms with Crippen LogP contribution in [0.5, 0.6) is 5.75 Å². The molecule has 0 bridgehead atoms. The second-order valence-corrected chi connectivity index (χ2v) is 10.9. The summed E-state index contributed by atoms with van der Waals surface area (Å²) in [4.78, 5) is 31.6. The van der Waals surface area contributed by atoms with Crippen molar-refractivity contribution in [2.75, 3.05) is 36.6 Å². The van der Waals surface area contributed by atoms with Gasteiger partial charge in [0.25, 0.3) is 5.91 Å². The molecule has 3 aliphatic heterocycles. The standard InChI is InChI=1S/C31H30F3N3O5/c1-19-2-4-22(36-29(39)21-6-10-35-27(15-21)31(32,33)34)16-24(19)20-3-5-25-26(14-20)42-30(8-12-40-13-9-30)17-28(38)37(25)23-7-11-41-18-23/h2-6,10,14-16,23H,7-9,11-13,17-18H2,1H3,(H,36,39)/t23-/m0/s1. The maximum absolute atomic E-state index is 13.6. The molecule has 42 heavy (non-hydrogen) atoms. The van der Waals surface area contributed by atoms with Gasteiger partial charge in [-0.2, -0.15) is 13.2 Å². The van der Waals surface area contributed by atoms with E-state index in [9.17, 15) is 22.8 Å². The molecule has 2 fully saturated rings. The monoisotopic (exact) mass is 581 g/mol. The second kappa shape index (κ2) is 11.0. The fraction of sp³-hybridized carbons (Fsp3) is 0.387. The highest BCUT2D eigenvalue weighted by Gasteiger charge is 2.44. The van der Waals surface area contributed by atoms with Crippen LogP contribution in [-0.2, 0) is 20.4 Å². The summed E-state index contributed by atoms with van der Waals surface area (Å²) in [6.07, 6.45) is -1.50. The molecule has 0 aliphatic carbocycles. The minimum absolute atomic E-state index is 0.00424. The average Bonchev–Trinajstić information content (AvgIpc) is 3.46. The Kier molecular flexibility index (Phi) is 7.40. The molecule has 2 saturated heterocycles. The average molecular weight is 582 g/mol. The maximum Gasteiger partial charge on any atom is 0.433 e. The first-order chi connectivity index (χ1) is 20.1. The number of hydrogen-bond acceptors (Lipinski definition) is 6. The van der Waals surface area contributed by atoms with Gasteiger partial charge < -0.3 is 24.4 Å². The number of aromatic nitrogens is 1. The highest BCUT2D eigenvalue weighted by atomic mass is 19.4. The number of aryl methyl sites for hydroxylation is 1. The van der Waals surface area contributed by atoms with Crippen molar-refractivity contribution in [2.45, 2.75) is 50.4 Å². The van der Waals surface area contributed by atoms with Crippen LogP contribution in [0.3, 0.4) is 0 Å². The predicted octanol–water partition coefficient (Wildman–Crippen LogP) is 5.78. The lowest BCUT2D eigenvalue weighted by Gasteiger charge is -2.36. The Hall–Kier alpha value is -3.96. The minimum Gasteiger partial charge on any atom is -0.484 e. The Morgan fingerprint density at radius 3 is 2.60 bits per heavy atom. The molecule has 0 saturated carbocycles. The van der Waals surface area contributed by atoms with E-state index < -0.39 is 23.4 Å². The Morgan fingerprint density at radius 2 is 1.86 bits per heavy atom. The van der Waals surface area contributed by atoms with E-state index in [0.29, 0.717) is 56.4 Å². The van der Waals surface area contributed by atoms with Crippen LogP contribution in [0.25, 0.3) is 11.1 Å². The van der Waals surface area contributed by atoms with Crippen LogP contribution in [0.15, 0.2) is 54.7 Å². The number of rotatable bonds is 4. The Morgan fingerprint density at radius 1 is 1.05 bits per heavy atom. The highest BCUT2D eigenvalue weighted by molar-refractivity contribution is 6.04. The molecule has 3 aromatic rings. The molecule has 4 heterocycles. The van der Waals surface area contributed by atoms with Gasteiger partial charge >= 0.3 is 6.18 Å². The van der Waals surface area contributed by atoms with Crippen molar-refractivity contribution in [1.82, 2.24) is 4.98 Å². The number of alkyl halides is 3. The first-order valence-corrected chi connectivity index (χ1v) is 13.9. The first-order valence-electron chi connectivity index (χ1n) is 13.9. The van der Waals surface area contributed by atoms with Crippen molar-refractivity contribution in [1.29, 1.82) is 0 Å². The molecule has 1 N–H and O–H groups in total. The summed E-state index contributed by atoms with van der Waals surface area (Å²) in [5, 5.41) is 2.70. The summed E-state index contributed by atoms with van der Waals surface area (Å²) in [6, 6.07) is 12.9. The minimum atomic E-state index is -4.66. The summed E-state index contributed by atoms with van der Waals surface area (Å²) < 4.78 is 57.2. The molecule has 3 aliphatic rings. The molecule has 2 aromatic carbocycles. The molecule has 8 nitrogen and oxygen atoms in total. The molecular weight excluding hydrogens is 551 g/mol. The first kappa shape index (κ1) is 28.2. The van der Waals surface area contributed by atoms with Gasteiger partial charge in [0.1, 0.15) is 17.0 Å². The van der Waals surface area contributed by atoms with Gasteiger partial charge in [-0.25, -0.2) is 0 Å². The number of fused-ring (bicyclic) bond motifs is 1. The van der Waals surface area contributed by atoms with E-state index in [2.05, 4.69) is 10.3 Å². The molecular formula is C31H30F3N3O5. The Balaban J connectivity index is 1.33. The quantitative estimate of drug-likeness (QED) is 0.420. The number of amides is 2. The van der Waals surface area contributed by atoms with Gasteiger partial charge in [-0.05, 0) is 66.4 Å². The summed E-state index contributed by atoms with van der Waals surface area (Å²) in [6.45, 7) is 4.01. The number of ether oxygens (including phenoxy) is 3. The van der Waals surface area contributed by atoms with Crippen molar-refractivity contribution in [3.8, 4) is 16.9 Å². The lowest BCUT2D eigenvalue weighted by Crippen LogP contribution is -2.47. The van der Waals surface area contributed by atoms with Crippen LogP contribution in [-0.4, -0.2) is 54.9 Å². The molecule has 1 aromatic heterocycles. The van der Waals surface area contributed by atoms with Crippen LogP contribution in [0, 0.1) is 6.92 Å². The maximum atomic E-state index is 13.6. The summed E-state index contributed by atoms with van der Waals surface area (Å²) in [5.74, 6) is -0.0839. The van der Waals surface area contributed by atoms with Crippen LogP contribution >= 0.6 is 0 Å². The van der Waals surface area contributed by atoms with E-state index in [0.717, 1.165) is 35.4 Å². The lowest BCUT2D eigenvalue weighted by atomic mass is 9.89. The number of carbonyl (C=O) groups excluding carboxylic acids is 2. The predicted molar refractivity (Wildman–Crippen MR) is 149 cm³/mol. The van der Waals surface area contributed by atoms with Crippen LogP contribution in [0.2, 0.25) is 0 Å². The number of hydrogen-bond donors (Lipinski definition) is 1. The van der Waals surface area contributed by atoms with E-state index in [1.807, 2.05) is 36.1 Å². The van der Waals surface area contributed by atoms with Crippen LogP contribution < -0.4 is 15.0 Å². The number of nitrogens with zero attached hydrogens (tertiary/aromatic N) is 2. The number of nitrogens with one attached hydrogen (secondary N) is 1. The van der Waals surface area contributed by atoms with Crippen LogP contribution in [0.1, 0.15) is 47.3 Å². The van der Waals surface area contributed by atoms with Gasteiger partial charge in [-0.3, -0.25) is 14.6 Å². The normalized spacial score (nSPS) is 20.1. The van der Waals surface area contributed by atoms with Gasteiger partial charge in [-0.1, -0.05) is 12.1 Å². The fourth-order valence-corrected chi connectivity index (χ4v) is 5.82. The third-order valence-electron chi connectivity index (χ3n) is 8.08. The van der Waals surface area contributed by atoms with E-state index in [-0.39, 0.29) is 23.9 Å². The van der Waals surface area contributed by atoms with Gasteiger partial charge in [0.05, 0.1) is 38.0 Å². The Labute approximate surface area is 240 Å². The molecule has 2 amide bonds. The molecule has 1 atom stereocenters. The zero-order valence-corrected chi connectivity index (χ0v) is 23.0. The number of anilines is 2.